The SMILES string of the molecule is Brc1cc(I)c2nc(N3CCCCC3)n3ncnc3c2c1. The summed E-state index contributed by atoms with van der Waals surface area (Å²) < 4.78 is 4.04. The van der Waals surface area contributed by atoms with Crippen LogP contribution in [0.1, 0.15) is 19.3 Å². The monoisotopic (exact) mass is 457 g/mol. The Kier molecular flexibility index (Phi) is 3.49. The van der Waals surface area contributed by atoms with Crippen molar-refractivity contribution in [1.29, 1.82) is 0 Å². The summed E-state index contributed by atoms with van der Waals surface area (Å²) >= 11 is 5.89. The normalized spacial score (nSPS) is 16.0. The molecular formula is C14H13BrIN5. The summed E-state index contributed by atoms with van der Waals surface area (Å²) in [5, 5.41) is 5.42. The Morgan fingerprint density at radius 2 is 1.95 bits per heavy atom. The Bertz CT molecular complexity index is 825. The number of rotatable bonds is 1. The van der Waals surface area contributed by atoms with Crippen molar-refractivity contribution in [3.8, 4) is 0 Å². The quantitative estimate of drug-likeness (QED) is 0.523. The van der Waals surface area contributed by atoms with Crippen molar-refractivity contribution in [2.45, 2.75) is 19.3 Å². The predicted molar refractivity (Wildman–Crippen MR) is 94.8 cm³/mol. The van der Waals surface area contributed by atoms with Crippen LogP contribution >= 0.6 is 38.5 Å². The van der Waals surface area contributed by atoms with Gasteiger partial charge in [0.2, 0.25) is 5.95 Å². The van der Waals surface area contributed by atoms with E-state index in [1.165, 1.54) is 19.3 Å². The summed E-state index contributed by atoms with van der Waals surface area (Å²) in [6, 6.07) is 4.15. The summed E-state index contributed by atoms with van der Waals surface area (Å²) in [6.45, 7) is 2.08. The number of nitrogens with zero attached hydrogens (tertiary/aromatic N) is 5. The predicted octanol–water partition coefficient (Wildman–Crippen LogP) is 3.63. The van der Waals surface area contributed by atoms with E-state index in [-0.39, 0.29) is 0 Å². The first-order chi connectivity index (χ1) is 10.2. The second kappa shape index (κ2) is 5.35. The van der Waals surface area contributed by atoms with E-state index in [4.69, 9.17) is 4.98 Å². The molecule has 0 radical (unpaired) electrons. The minimum absolute atomic E-state index is 0.875. The van der Waals surface area contributed by atoms with E-state index in [1.54, 1.807) is 6.33 Å². The fourth-order valence-electron chi connectivity index (χ4n) is 2.87. The number of halogens is 2. The first kappa shape index (κ1) is 13.7. The van der Waals surface area contributed by atoms with Crippen molar-refractivity contribution in [1.82, 2.24) is 19.6 Å². The highest BCUT2D eigenvalue weighted by atomic mass is 127. The standard InChI is InChI=1S/C14H13BrIN5/c15-9-6-10-12(11(16)7-9)19-14(20-4-2-1-3-5-20)21-13(10)17-8-18-21/h6-8H,1-5H2. The highest BCUT2D eigenvalue weighted by Gasteiger charge is 2.19. The molecule has 0 saturated carbocycles. The van der Waals surface area contributed by atoms with Crippen molar-refractivity contribution >= 4 is 61.0 Å². The Balaban J connectivity index is 2.03. The van der Waals surface area contributed by atoms with Crippen molar-refractivity contribution in [2.24, 2.45) is 0 Å². The zero-order valence-electron chi connectivity index (χ0n) is 11.3. The van der Waals surface area contributed by atoms with Gasteiger partial charge in [-0.2, -0.15) is 9.61 Å². The van der Waals surface area contributed by atoms with Gasteiger partial charge < -0.3 is 4.90 Å². The number of piperidine rings is 1. The van der Waals surface area contributed by atoms with Crippen LogP contribution < -0.4 is 4.90 Å². The van der Waals surface area contributed by atoms with Crippen molar-refractivity contribution in [2.75, 3.05) is 18.0 Å². The van der Waals surface area contributed by atoms with Gasteiger partial charge in [0.25, 0.3) is 0 Å². The maximum absolute atomic E-state index is 4.90. The second-order valence-electron chi connectivity index (χ2n) is 5.24. The molecule has 1 aromatic carbocycles. The van der Waals surface area contributed by atoms with Gasteiger partial charge in [-0.25, -0.2) is 9.97 Å². The summed E-state index contributed by atoms with van der Waals surface area (Å²) in [5.41, 5.74) is 1.87. The molecular weight excluding hydrogens is 445 g/mol. The van der Waals surface area contributed by atoms with Gasteiger partial charge >= 0.3 is 0 Å². The third kappa shape index (κ3) is 2.30. The third-order valence-corrected chi connectivity index (χ3v) is 5.14. The van der Waals surface area contributed by atoms with E-state index in [0.717, 1.165) is 43.6 Å². The van der Waals surface area contributed by atoms with Gasteiger partial charge in [0, 0.05) is 26.5 Å². The molecule has 0 spiro atoms. The van der Waals surface area contributed by atoms with E-state index in [2.05, 4.69) is 65.6 Å². The molecule has 21 heavy (non-hydrogen) atoms. The van der Waals surface area contributed by atoms with E-state index >= 15 is 0 Å². The average molecular weight is 458 g/mol. The molecule has 3 heterocycles. The van der Waals surface area contributed by atoms with Gasteiger partial charge in [0.05, 0.1) is 5.52 Å². The Morgan fingerprint density at radius 3 is 2.76 bits per heavy atom. The molecule has 0 N–H and O–H groups in total. The Morgan fingerprint density at radius 1 is 1.14 bits per heavy atom. The van der Waals surface area contributed by atoms with Crippen molar-refractivity contribution in [3.63, 3.8) is 0 Å². The fraction of sp³-hybridized carbons (Fsp3) is 0.357. The molecule has 0 unspecified atom stereocenters. The van der Waals surface area contributed by atoms with Crippen LogP contribution in [-0.4, -0.2) is 32.7 Å². The van der Waals surface area contributed by atoms with E-state index in [1.807, 2.05) is 4.52 Å². The topological polar surface area (TPSA) is 46.3 Å². The van der Waals surface area contributed by atoms with Gasteiger partial charge in [-0.1, -0.05) is 15.9 Å². The molecule has 1 aliphatic rings. The van der Waals surface area contributed by atoms with Crippen LogP contribution in [0, 0.1) is 3.57 Å². The molecule has 0 bridgehead atoms. The van der Waals surface area contributed by atoms with E-state index in [9.17, 15) is 0 Å². The molecule has 5 nitrogen and oxygen atoms in total. The largest absolute Gasteiger partial charge is 0.341 e. The smallest absolute Gasteiger partial charge is 0.229 e. The van der Waals surface area contributed by atoms with E-state index < -0.39 is 0 Å². The molecule has 0 aliphatic carbocycles. The van der Waals surface area contributed by atoms with Gasteiger partial charge in [0.15, 0.2) is 5.65 Å². The number of anilines is 1. The summed E-state index contributed by atoms with van der Waals surface area (Å²) in [7, 11) is 0. The molecule has 0 amide bonds. The highest BCUT2D eigenvalue weighted by Crippen LogP contribution is 2.29. The van der Waals surface area contributed by atoms with Crippen molar-refractivity contribution in [3.05, 3.63) is 26.5 Å². The molecule has 0 atom stereocenters. The van der Waals surface area contributed by atoms with E-state index in [0.29, 0.717) is 0 Å². The molecule has 1 aliphatic heterocycles. The van der Waals surface area contributed by atoms with Gasteiger partial charge in [0.1, 0.15) is 6.33 Å². The lowest BCUT2D eigenvalue weighted by molar-refractivity contribution is 0.563. The zero-order chi connectivity index (χ0) is 14.4. The van der Waals surface area contributed by atoms with Crippen LogP contribution in [0.4, 0.5) is 5.95 Å². The molecule has 1 saturated heterocycles. The first-order valence-electron chi connectivity index (χ1n) is 6.97. The molecule has 4 rings (SSSR count). The van der Waals surface area contributed by atoms with Gasteiger partial charge in [-0.05, 0) is 54.0 Å². The third-order valence-electron chi connectivity index (χ3n) is 3.86. The number of hydrogen-bond acceptors (Lipinski definition) is 4. The Hall–Kier alpha value is -0.960. The zero-order valence-corrected chi connectivity index (χ0v) is 15.0. The number of aromatic nitrogens is 4. The summed E-state index contributed by atoms with van der Waals surface area (Å²) in [4.78, 5) is 11.7. The lowest BCUT2D eigenvalue weighted by Crippen LogP contribution is -2.32. The molecule has 1 fully saturated rings. The van der Waals surface area contributed by atoms with Crippen molar-refractivity contribution < 1.29 is 0 Å². The summed E-state index contributed by atoms with van der Waals surface area (Å²) in [6.07, 6.45) is 5.34. The Labute approximate surface area is 144 Å². The maximum atomic E-state index is 4.90. The van der Waals surface area contributed by atoms with Crippen LogP contribution in [0.15, 0.2) is 22.9 Å². The van der Waals surface area contributed by atoms with Crippen LogP contribution in [0.2, 0.25) is 0 Å². The lowest BCUT2D eigenvalue weighted by atomic mass is 10.1. The maximum Gasteiger partial charge on any atom is 0.229 e. The van der Waals surface area contributed by atoms with Crippen LogP contribution in [0.5, 0.6) is 0 Å². The number of fused-ring (bicyclic) bond motifs is 3. The van der Waals surface area contributed by atoms with Gasteiger partial charge in [-0.15, -0.1) is 0 Å². The number of benzene rings is 1. The molecule has 2 aromatic heterocycles. The number of hydrogen-bond donors (Lipinski definition) is 0. The molecule has 3 aromatic rings. The molecule has 108 valence electrons. The minimum Gasteiger partial charge on any atom is -0.341 e. The minimum atomic E-state index is 0.875. The van der Waals surface area contributed by atoms with Crippen LogP contribution in [0.3, 0.4) is 0 Å². The second-order valence-corrected chi connectivity index (χ2v) is 7.32. The van der Waals surface area contributed by atoms with Crippen LogP contribution in [-0.2, 0) is 0 Å². The van der Waals surface area contributed by atoms with Crippen LogP contribution in [0.25, 0.3) is 16.6 Å². The fourth-order valence-corrected chi connectivity index (χ4v) is 4.50. The molecule has 7 heteroatoms. The average Bonchev–Trinajstić information content (AvgIpc) is 2.97. The highest BCUT2D eigenvalue weighted by molar-refractivity contribution is 14.1. The summed E-state index contributed by atoms with van der Waals surface area (Å²) in [5.74, 6) is 0.912. The lowest BCUT2D eigenvalue weighted by Gasteiger charge is -2.27. The first-order valence-corrected chi connectivity index (χ1v) is 8.84. The van der Waals surface area contributed by atoms with Gasteiger partial charge in [-0.3, -0.25) is 0 Å².